The van der Waals surface area contributed by atoms with Gasteiger partial charge in [-0.1, -0.05) is 13.8 Å². The third-order valence-electron chi connectivity index (χ3n) is 3.77. The maximum absolute atomic E-state index is 14.4. The largest absolute Gasteiger partial charge is 0.382 e. The summed E-state index contributed by atoms with van der Waals surface area (Å²) in [4.78, 5) is 12.0. The van der Waals surface area contributed by atoms with Crippen molar-refractivity contribution in [3.63, 3.8) is 0 Å². The van der Waals surface area contributed by atoms with Gasteiger partial charge in [-0.05, 0) is 18.0 Å². The Balaban J connectivity index is 2.07. The van der Waals surface area contributed by atoms with Gasteiger partial charge in [0.1, 0.15) is 5.52 Å². The van der Waals surface area contributed by atoms with Crippen LogP contribution in [0.1, 0.15) is 26.5 Å². The molecular weight excluding hydrogens is 285 g/mol. The number of anilines is 1. The first-order valence-electron chi connectivity index (χ1n) is 6.48. The van der Waals surface area contributed by atoms with Gasteiger partial charge in [0.05, 0.1) is 12.4 Å². The Morgan fingerprint density at radius 1 is 1.50 bits per heavy atom. The van der Waals surface area contributed by atoms with Crippen LogP contribution in [0, 0.1) is 5.92 Å². The van der Waals surface area contributed by atoms with Gasteiger partial charge in [0.25, 0.3) is 0 Å². The molecule has 0 aliphatic carbocycles. The minimum Gasteiger partial charge on any atom is -0.382 e. The summed E-state index contributed by atoms with van der Waals surface area (Å²) < 4.78 is 21.7. The van der Waals surface area contributed by atoms with Gasteiger partial charge < -0.3 is 10.5 Å². The molecule has 1 aliphatic heterocycles. The second-order valence-corrected chi connectivity index (χ2v) is 5.32. The molecule has 0 saturated carbocycles. The van der Waals surface area contributed by atoms with Crippen LogP contribution in [-0.2, 0) is 4.74 Å². The molecule has 3 rings (SSSR count). The van der Waals surface area contributed by atoms with Crippen LogP contribution in [0.15, 0.2) is 6.33 Å². The molecule has 1 saturated heterocycles. The third-order valence-corrected chi connectivity index (χ3v) is 3.94. The van der Waals surface area contributed by atoms with Gasteiger partial charge in [0.15, 0.2) is 23.9 Å². The molecule has 8 heteroatoms. The first-order chi connectivity index (χ1) is 9.52. The van der Waals surface area contributed by atoms with E-state index >= 15 is 0 Å². The number of aromatic nitrogens is 4. The molecule has 0 radical (unpaired) electrons. The highest BCUT2D eigenvalue weighted by molar-refractivity contribution is 6.28. The van der Waals surface area contributed by atoms with Gasteiger partial charge in [-0.2, -0.15) is 9.97 Å². The predicted molar refractivity (Wildman–Crippen MR) is 73.0 cm³/mol. The van der Waals surface area contributed by atoms with Crippen LogP contribution in [-0.4, -0.2) is 31.8 Å². The maximum Gasteiger partial charge on any atom is 0.226 e. The SMILES string of the molecule is CC[C@H]1O[C@@H](n2cnc3c(N)nc(Cl)nc32)[C@@H](F)C1C. The molecule has 20 heavy (non-hydrogen) atoms. The minimum atomic E-state index is -1.13. The van der Waals surface area contributed by atoms with E-state index in [9.17, 15) is 4.39 Å². The molecule has 0 aromatic carbocycles. The number of halogens is 2. The fourth-order valence-corrected chi connectivity index (χ4v) is 2.80. The normalized spacial score (nSPS) is 30.2. The van der Waals surface area contributed by atoms with Gasteiger partial charge in [0, 0.05) is 5.92 Å². The number of nitrogens with zero attached hydrogens (tertiary/aromatic N) is 4. The minimum absolute atomic E-state index is 0.00486. The number of fused-ring (bicyclic) bond motifs is 1. The first-order valence-corrected chi connectivity index (χ1v) is 6.85. The molecule has 2 aromatic heterocycles. The molecule has 4 atom stereocenters. The molecule has 1 aliphatic rings. The second-order valence-electron chi connectivity index (χ2n) is 4.98. The van der Waals surface area contributed by atoms with Crippen molar-refractivity contribution < 1.29 is 9.13 Å². The Morgan fingerprint density at radius 2 is 2.25 bits per heavy atom. The van der Waals surface area contributed by atoms with E-state index in [0.29, 0.717) is 11.2 Å². The summed E-state index contributed by atoms with van der Waals surface area (Å²) in [5.41, 5.74) is 6.53. The summed E-state index contributed by atoms with van der Waals surface area (Å²) in [5.74, 6) is -0.00986. The highest BCUT2D eigenvalue weighted by Gasteiger charge is 2.43. The summed E-state index contributed by atoms with van der Waals surface area (Å²) in [6.45, 7) is 3.81. The van der Waals surface area contributed by atoms with Crippen LogP contribution < -0.4 is 5.73 Å². The number of nitrogen functional groups attached to an aromatic ring is 1. The Labute approximate surface area is 120 Å². The molecule has 1 unspecified atom stereocenters. The predicted octanol–water partition coefficient (Wildman–Crippen LogP) is 2.34. The van der Waals surface area contributed by atoms with E-state index in [2.05, 4.69) is 15.0 Å². The van der Waals surface area contributed by atoms with E-state index in [1.165, 1.54) is 10.9 Å². The zero-order valence-corrected chi connectivity index (χ0v) is 11.9. The van der Waals surface area contributed by atoms with Crippen LogP contribution in [0.3, 0.4) is 0 Å². The smallest absolute Gasteiger partial charge is 0.226 e. The number of hydrogen-bond donors (Lipinski definition) is 1. The van der Waals surface area contributed by atoms with E-state index in [4.69, 9.17) is 22.1 Å². The van der Waals surface area contributed by atoms with Crippen molar-refractivity contribution in [3.05, 3.63) is 11.6 Å². The highest BCUT2D eigenvalue weighted by Crippen LogP contribution is 2.38. The topological polar surface area (TPSA) is 78.9 Å². The number of nitrogens with two attached hydrogens (primary N) is 1. The average molecular weight is 300 g/mol. The molecule has 108 valence electrons. The van der Waals surface area contributed by atoms with Crippen molar-refractivity contribution in [1.82, 2.24) is 19.5 Å². The molecule has 6 nitrogen and oxygen atoms in total. The van der Waals surface area contributed by atoms with Gasteiger partial charge >= 0.3 is 0 Å². The fourth-order valence-electron chi connectivity index (χ4n) is 2.63. The lowest BCUT2D eigenvalue weighted by molar-refractivity contribution is -0.0186. The number of imidazole rings is 1. The Hall–Kier alpha value is -1.47. The Morgan fingerprint density at radius 3 is 2.90 bits per heavy atom. The quantitative estimate of drug-likeness (QED) is 0.861. The average Bonchev–Trinajstić information content (AvgIpc) is 2.93. The lowest BCUT2D eigenvalue weighted by atomic mass is 10.00. The summed E-state index contributed by atoms with van der Waals surface area (Å²) in [7, 11) is 0. The Kier molecular flexibility index (Phi) is 3.25. The summed E-state index contributed by atoms with van der Waals surface area (Å²) in [6, 6.07) is 0. The highest BCUT2D eigenvalue weighted by atomic mass is 35.5. The van der Waals surface area contributed by atoms with Crippen LogP contribution in [0.2, 0.25) is 5.28 Å². The van der Waals surface area contributed by atoms with Gasteiger partial charge in [-0.15, -0.1) is 0 Å². The number of ether oxygens (including phenoxy) is 1. The molecule has 0 bridgehead atoms. The third kappa shape index (κ3) is 1.92. The molecule has 0 spiro atoms. The van der Waals surface area contributed by atoms with E-state index in [-0.39, 0.29) is 23.1 Å². The molecular formula is C12H15ClFN5O. The zero-order chi connectivity index (χ0) is 14.4. The van der Waals surface area contributed by atoms with E-state index < -0.39 is 12.4 Å². The molecule has 0 amide bonds. The maximum atomic E-state index is 14.4. The lowest BCUT2D eigenvalue weighted by Crippen LogP contribution is -2.20. The van der Waals surface area contributed by atoms with E-state index in [0.717, 1.165) is 6.42 Å². The second kappa shape index (κ2) is 4.82. The molecule has 2 aromatic rings. The molecule has 2 N–H and O–H groups in total. The van der Waals surface area contributed by atoms with E-state index in [1.54, 1.807) is 0 Å². The van der Waals surface area contributed by atoms with E-state index in [1.807, 2.05) is 13.8 Å². The van der Waals surface area contributed by atoms with Crippen molar-refractivity contribution in [3.8, 4) is 0 Å². The monoisotopic (exact) mass is 299 g/mol. The van der Waals surface area contributed by atoms with Crippen molar-refractivity contribution in [1.29, 1.82) is 0 Å². The van der Waals surface area contributed by atoms with Crippen LogP contribution >= 0.6 is 11.6 Å². The molecule has 3 heterocycles. The fraction of sp³-hybridized carbons (Fsp3) is 0.583. The van der Waals surface area contributed by atoms with Crippen molar-refractivity contribution in [2.24, 2.45) is 5.92 Å². The summed E-state index contributed by atoms with van der Waals surface area (Å²) in [5, 5.41) is 0.00486. The zero-order valence-electron chi connectivity index (χ0n) is 11.1. The summed E-state index contributed by atoms with van der Waals surface area (Å²) in [6.07, 6.45) is 0.205. The first kappa shape index (κ1) is 13.5. The lowest BCUT2D eigenvalue weighted by Gasteiger charge is -2.15. The molecule has 1 fully saturated rings. The van der Waals surface area contributed by atoms with Gasteiger partial charge in [0.2, 0.25) is 5.28 Å². The number of rotatable bonds is 2. The number of hydrogen-bond acceptors (Lipinski definition) is 5. The van der Waals surface area contributed by atoms with Crippen LogP contribution in [0.5, 0.6) is 0 Å². The van der Waals surface area contributed by atoms with Crippen molar-refractivity contribution >= 4 is 28.6 Å². The number of alkyl halides is 1. The summed E-state index contributed by atoms with van der Waals surface area (Å²) >= 11 is 5.80. The van der Waals surface area contributed by atoms with Gasteiger partial charge in [-0.3, -0.25) is 4.57 Å². The standard InChI is InChI=1S/C12H15ClFN5O/c1-3-6-5(2)7(14)11(20-6)19-4-16-8-9(15)17-12(13)18-10(8)19/h4-7,11H,3H2,1-2H3,(H2,15,17,18)/t5?,6-,7+,11-/m1/s1. The van der Waals surface area contributed by atoms with Crippen LogP contribution in [0.4, 0.5) is 10.2 Å². The Bertz CT molecular complexity index is 648. The van der Waals surface area contributed by atoms with Crippen LogP contribution in [0.25, 0.3) is 11.2 Å². The van der Waals surface area contributed by atoms with Crippen molar-refractivity contribution in [2.75, 3.05) is 5.73 Å². The van der Waals surface area contributed by atoms with Gasteiger partial charge in [-0.25, -0.2) is 9.37 Å². The van der Waals surface area contributed by atoms with Crippen molar-refractivity contribution in [2.45, 2.75) is 38.8 Å².